The van der Waals surface area contributed by atoms with E-state index in [2.05, 4.69) is 83.3 Å². The SMILES string of the molecule is CC(I)CCCC(OCc1ccccc1)OC(CCCC(C)I)OCc1ccccc1. The number of benzene rings is 2. The molecular formula is C26H36I2O3. The van der Waals surface area contributed by atoms with Crippen molar-refractivity contribution >= 4 is 45.2 Å². The molecule has 0 aliphatic rings. The van der Waals surface area contributed by atoms with Gasteiger partial charge in [0.25, 0.3) is 0 Å². The van der Waals surface area contributed by atoms with Crippen molar-refractivity contribution in [3.63, 3.8) is 0 Å². The fourth-order valence-electron chi connectivity index (χ4n) is 3.21. The van der Waals surface area contributed by atoms with Crippen LogP contribution in [0.15, 0.2) is 60.7 Å². The molecule has 0 saturated carbocycles. The summed E-state index contributed by atoms with van der Waals surface area (Å²) in [5, 5.41) is 0. The van der Waals surface area contributed by atoms with Crippen LogP contribution in [-0.4, -0.2) is 20.4 Å². The van der Waals surface area contributed by atoms with Gasteiger partial charge in [0, 0.05) is 7.85 Å². The summed E-state index contributed by atoms with van der Waals surface area (Å²) in [6.45, 7) is 5.61. The van der Waals surface area contributed by atoms with E-state index in [-0.39, 0.29) is 12.6 Å². The minimum atomic E-state index is -0.256. The summed E-state index contributed by atoms with van der Waals surface area (Å²) in [5.74, 6) is 0. The Morgan fingerprint density at radius 1 is 0.613 bits per heavy atom. The standard InChI is InChI=1S/C26H36I2O3/c1-21(27)11-9-17-25(29-19-23-13-5-3-6-14-23)31-26(18-10-12-22(2)28)30-20-24-15-7-4-8-16-24/h3-8,13-16,21-22,25-26H,9-12,17-20H2,1-2H3. The fraction of sp³-hybridized carbons (Fsp3) is 0.538. The summed E-state index contributed by atoms with van der Waals surface area (Å²) < 4.78 is 20.1. The number of ether oxygens (including phenoxy) is 3. The van der Waals surface area contributed by atoms with Gasteiger partial charge in [0.1, 0.15) is 0 Å². The number of hydrogen-bond acceptors (Lipinski definition) is 3. The van der Waals surface area contributed by atoms with E-state index in [4.69, 9.17) is 14.2 Å². The van der Waals surface area contributed by atoms with Crippen LogP contribution in [-0.2, 0) is 27.4 Å². The fourth-order valence-corrected chi connectivity index (χ4v) is 4.09. The number of alkyl halides is 2. The van der Waals surface area contributed by atoms with Gasteiger partial charge in [0.2, 0.25) is 0 Å². The Hall–Kier alpha value is -0.220. The molecule has 4 atom stereocenters. The zero-order valence-corrected chi connectivity index (χ0v) is 23.0. The van der Waals surface area contributed by atoms with E-state index in [1.165, 1.54) is 11.1 Å². The zero-order chi connectivity index (χ0) is 22.3. The maximum atomic E-state index is 6.41. The van der Waals surface area contributed by atoms with Crippen LogP contribution in [0.25, 0.3) is 0 Å². The normalized spacial score (nSPS) is 15.4. The van der Waals surface area contributed by atoms with E-state index in [0.717, 1.165) is 38.5 Å². The highest BCUT2D eigenvalue weighted by Gasteiger charge is 2.19. The topological polar surface area (TPSA) is 27.7 Å². The van der Waals surface area contributed by atoms with Crippen molar-refractivity contribution in [1.29, 1.82) is 0 Å². The molecule has 0 aliphatic carbocycles. The molecule has 2 rings (SSSR count). The first kappa shape index (κ1) is 27.0. The largest absolute Gasteiger partial charge is 0.348 e. The Balaban J connectivity index is 1.96. The maximum absolute atomic E-state index is 6.41. The molecule has 0 fully saturated rings. The number of hydrogen-bond donors (Lipinski definition) is 0. The van der Waals surface area contributed by atoms with Gasteiger partial charge in [-0.15, -0.1) is 0 Å². The minimum Gasteiger partial charge on any atom is -0.348 e. The molecule has 0 aromatic heterocycles. The van der Waals surface area contributed by atoms with Crippen LogP contribution in [0.5, 0.6) is 0 Å². The summed E-state index contributed by atoms with van der Waals surface area (Å²) in [4.78, 5) is 0. The Labute approximate surface area is 215 Å². The molecule has 0 spiro atoms. The van der Waals surface area contributed by atoms with Gasteiger partial charge in [-0.1, -0.05) is 120 Å². The molecule has 0 amide bonds. The van der Waals surface area contributed by atoms with E-state index in [1.54, 1.807) is 0 Å². The Morgan fingerprint density at radius 3 is 1.35 bits per heavy atom. The second kappa shape index (κ2) is 16.4. The third kappa shape index (κ3) is 13.2. The van der Waals surface area contributed by atoms with Crippen LogP contribution in [0.4, 0.5) is 0 Å². The van der Waals surface area contributed by atoms with E-state index in [1.807, 2.05) is 36.4 Å². The lowest BCUT2D eigenvalue weighted by molar-refractivity contribution is -0.256. The zero-order valence-electron chi connectivity index (χ0n) is 18.7. The summed E-state index contributed by atoms with van der Waals surface area (Å²) in [6, 6.07) is 20.6. The van der Waals surface area contributed by atoms with Gasteiger partial charge >= 0.3 is 0 Å². The van der Waals surface area contributed by atoms with Gasteiger partial charge in [-0.25, -0.2) is 0 Å². The lowest BCUT2D eigenvalue weighted by atomic mass is 10.2. The molecular weight excluding hydrogens is 614 g/mol. The Bertz CT molecular complexity index is 620. The second-order valence-electron chi connectivity index (χ2n) is 8.01. The molecule has 31 heavy (non-hydrogen) atoms. The molecule has 0 aliphatic heterocycles. The van der Waals surface area contributed by atoms with E-state index < -0.39 is 0 Å². The second-order valence-corrected chi connectivity index (χ2v) is 12.3. The number of halogens is 2. The van der Waals surface area contributed by atoms with Gasteiger partial charge in [0.05, 0.1) is 13.2 Å². The monoisotopic (exact) mass is 650 g/mol. The number of rotatable bonds is 16. The minimum absolute atomic E-state index is 0.256. The highest BCUT2D eigenvalue weighted by Crippen LogP contribution is 2.20. The molecule has 0 saturated heterocycles. The molecule has 0 bridgehead atoms. The summed E-state index contributed by atoms with van der Waals surface area (Å²) in [5.41, 5.74) is 2.33. The van der Waals surface area contributed by atoms with Crippen molar-refractivity contribution in [3.05, 3.63) is 71.8 Å². The smallest absolute Gasteiger partial charge is 0.161 e. The van der Waals surface area contributed by atoms with Crippen molar-refractivity contribution < 1.29 is 14.2 Å². The first-order valence-electron chi connectivity index (χ1n) is 11.3. The quantitative estimate of drug-likeness (QED) is 0.105. The van der Waals surface area contributed by atoms with E-state index >= 15 is 0 Å². The summed E-state index contributed by atoms with van der Waals surface area (Å²) in [6.07, 6.45) is 5.75. The van der Waals surface area contributed by atoms with Crippen LogP contribution in [0.1, 0.15) is 63.5 Å². The average Bonchev–Trinajstić information content (AvgIpc) is 2.76. The molecule has 0 N–H and O–H groups in total. The Morgan fingerprint density at radius 2 is 1.00 bits per heavy atom. The van der Waals surface area contributed by atoms with E-state index in [9.17, 15) is 0 Å². The van der Waals surface area contributed by atoms with Crippen LogP contribution >= 0.6 is 45.2 Å². The van der Waals surface area contributed by atoms with Gasteiger partial charge in [-0.05, 0) is 49.7 Å². The van der Waals surface area contributed by atoms with Gasteiger partial charge in [0.15, 0.2) is 12.6 Å². The van der Waals surface area contributed by atoms with Crippen LogP contribution < -0.4 is 0 Å². The predicted octanol–water partition coefficient (Wildman–Crippen LogP) is 8.08. The molecule has 0 heterocycles. The van der Waals surface area contributed by atoms with Crippen molar-refractivity contribution in [1.82, 2.24) is 0 Å². The van der Waals surface area contributed by atoms with Crippen LogP contribution in [0.3, 0.4) is 0 Å². The van der Waals surface area contributed by atoms with Crippen molar-refractivity contribution in [2.75, 3.05) is 0 Å². The first-order valence-corrected chi connectivity index (χ1v) is 13.8. The molecule has 172 valence electrons. The summed E-state index contributed by atoms with van der Waals surface area (Å²) in [7, 11) is 0. The Kier molecular flexibility index (Phi) is 14.3. The van der Waals surface area contributed by atoms with Crippen molar-refractivity contribution in [2.24, 2.45) is 0 Å². The average molecular weight is 650 g/mol. The van der Waals surface area contributed by atoms with Crippen molar-refractivity contribution in [2.45, 2.75) is 86.0 Å². The molecule has 3 nitrogen and oxygen atoms in total. The predicted molar refractivity (Wildman–Crippen MR) is 146 cm³/mol. The third-order valence-electron chi connectivity index (χ3n) is 4.94. The van der Waals surface area contributed by atoms with Gasteiger partial charge in [-0.2, -0.15) is 0 Å². The van der Waals surface area contributed by atoms with Crippen LogP contribution in [0, 0.1) is 0 Å². The van der Waals surface area contributed by atoms with Crippen LogP contribution in [0.2, 0.25) is 0 Å². The highest BCUT2D eigenvalue weighted by molar-refractivity contribution is 14.1. The third-order valence-corrected chi connectivity index (χ3v) is 6.19. The first-order chi connectivity index (χ1) is 15.0. The highest BCUT2D eigenvalue weighted by atomic mass is 127. The van der Waals surface area contributed by atoms with Gasteiger partial charge < -0.3 is 14.2 Å². The van der Waals surface area contributed by atoms with Gasteiger partial charge in [-0.3, -0.25) is 0 Å². The lowest BCUT2D eigenvalue weighted by Gasteiger charge is -2.26. The van der Waals surface area contributed by atoms with E-state index in [0.29, 0.717) is 21.1 Å². The summed E-state index contributed by atoms with van der Waals surface area (Å²) >= 11 is 4.97. The maximum Gasteiger partial charge on any atom is 0.161 e. The molecule has 2 aromatic rings. The molecule has 4 unspecified atom stereocenters. The molecule has 0 radical (unpaired) electrons. The van der Waals surface area contributed by atoms with Crippen molar-refractivity contribution in [3.8, 4) is 0 Å². The molecule has 2 aromatic carbocycles. The lowest BCUT2D eigenvalue weighted by Crippen LogP contribution is -2.27. The molecule has 5 heteroatoms.